The Morgan fingerprint density at radius 3 is 1.61 bits per heavy atom. The van der Waals surface area contributed by atoms with Gasteiger partial charge in [-0.2, -0.15) is 0 Å². The molecule has 142 valence electrons. The van der Waals surface area contributed by atoms with Crippen molar-refractivity contribution in [3.63, 3.8) is 0 Å². The average Bonchev–Trinajstić information content (AvgIpc) is 2.77. The van der Waals surface area contributed by atoms with Crippen molar-refractivity contribution in [3.8, 4) is 5.75 Å². The van der Waals surface area contributed by atoms with Crippen molar-refractivity contribution in [2.24, 2.45) is 0 Å². The SMILES string of the molecule is COc1cc([C@H](C)c2ccccc2)c(C(=N)C=N)c([C@H](C)c2ccccc2)c1. The lowest BCUT2D eigenvalue weighted by atomic mass is 9.81. The molecule has 3 aromatic carbocycles. The van der Waals surface area contributed by atoms with Crippen molar-refractivity contribution in [2.45, 2.75) is 25.7 Å². The van der Waals surface area contributed by atoms with Gasteiger partial charge in [0.25, 0.3) is 0 Å². The van der Waals surface area contributed by atoms with E-state index >= 15 is 0 Å². The first kappa shape index (κ1) is 19.6. The maximum absolute atomic E-state index is 8.52. The van der Waals surface area contributed by atoms with Gasteiger partial charge in [0.1, 0.15) is 5.75 Å². The molecule has 28 heavy (non-hydrogen) atoms. The maximum Gasteiger partial charge on any atom is 0.119 e. The first-order valence-electron chi connectivity index (χ1n) is 9.48. The highest BCUT2D eigenvalue weighted by Gasteiger charge is 2.23. The van der Waals surface area contributed by atoms with Gasteiger partial charge in [-0.15, -0.1) is 0 Å². The van der Waals surface area contributed by atoms with Crippen molar-refractivity contribution < 1.29 is 4.74 Å². The summed E-state index contributed by atoms with van der Waals surface area (Å²) in [6.07, 6.45) is 1.13. The quantitative estimate of drug-likeness (QED) is 0.491. The zero-order chi connectivity index (χ0) is 20.1. The Hall–Kier alpha value is -3.20. The molecule has 0 aliphatic rings. The molecule has 0 radical (unpaired) electrons. The molecule has 0 aliphatic carbocycles. The van der Waals surface area contributed by atoms with Crippen molar-refractivity contribution >= 4 is 11.9 Å². The van der Waals surface area contributed by atoms with Gasteiger partial charge in [0.05, 0.1) is 12.8 Å². The van der Waals surface area contributed by atoms with E-state index in [0.29, 0.717) is 0 Å². The molecule has 3 rings (SSSR count). The van der Waals surface area contributed by atoms with Gasteiger partial charge in [0.2, 0.25) is 0 Å². The van der Waals surface area contributed by atoms with Gasteiger partial charge in [-0.25, -0.2) is 0 Å². The van der Waals surface area contributed by atoms with E-state index in [9.17, 15) is 0 Å². The lowest BCUT2D eigenvalue weighted by Crippen LogP contribution is -2.14. The summed E-state index contributed by atoms with van der Waals surface area (Å²) in [5.41, 5.74) is 5.41. The van der Waals surface area contributed by atoms with Crippen molar-refractivity contribution in [2.75, 3.05) is 7.11 Å². The summed E-state index contributed by atoms with van der Waals surface area (Å²) in [6, 6.07) is 24.5. The van der Waals surface area contributed by atoms with E-state index in [0.717, 1.165) is 28.7 Å². The highest BCUT2D eigenvalue weighted by molar-refractivity contribution is 6.36. The van der Waals surface area contributed by atoms with Crippen LogP contribution >= 0.6 is 0 Å². The Balaban J connectivity index is 2.24. The lowest BCUT2D eigenvalue weighted by molar-refractivity contribution is 0.413. The van der Waals surface area contributed by atoms with Crippen molar-refractivity contribution in [3.05, 3.63) is 101 Å². The molecule has 2 atom stereocenters. The second kappa shape index (κ2) is 8.66. The zero-order valence-electron chi connectivity index (χ0n) is 16.6. The van der Waals surface area contributed by atoms with E-state index in [1.54, 1.807) is 7.11 Å². The molecular formula is C25H26N2O. The third-order valence-electron chi connectivity index (χ3n) is 5.35. The number of methoxy groups -OCH3 is 1. The van der Waals surface area contributed by atoms with Crippen LogP contribution < -0.4 is 4.74 Å². The zero-order valence-corrected chi connectivity index (χ0v) is 16.6. The fourth-order valence-corrected chi connectivity index (χ4v) is 3.69. The summed E-state index contributed by atoms with van der Waals surface area (Å²) in [7, 11) is 1.67. The number of hydrogen-bond donors (Lipinski definition) is 2. The molecule has 0 aromatic heterocycles. The lowest BCUT2D eigenvalue weighted by Gasteiger charge is -2.24. The maximum atomic E-state index is 8.52. The molecule has 0 saturated carbocycles. The third-order valence-corrected chi connectivity index (χ3v) is 5.35. The van der Waals surface area contributed by atoms with E-state index in [1.807, 2.05) is 48.5 Å². The molecule has 0 amide bonds. The molecule has 0 bridgehead atoms. The van der Waals surface area contributed by atoms with Crippen molar-refractivity contribution in [1.29, 1.82) is 10.8 Å². The largest absolute Gasteiger partial charge is 0.497 e. The fourth-order valence-electron chi connectivity index (χ4n) is 3.69. The minimum atomic E-state index is 0.0772. The molecular weight excluding hydrogens is 344 g/mol. The summed E-state index contributed by atoms with van der Waals surface area (Å²) >= 11 is 0. The van der Waals surface area contributed by atoms with Crippen molar-refractivity contribution in [1.82, 2.24) is 0 Å². The summed E-state index contributed by atoms with van der Waals surface area (Å²) in [5.74, 6) is 0.929. The molecule has 0 spiro atoms. The summed E-state index contributed by atoms with van der Waals surface area (Å²) < 4.78 is 5.61. The van der Waals surface area contributed by atoms with Crippen LogP contribution in [0.3, 0.4) is 0 Å². The fraction of sp³-hybridized carbons (Fsp3) is 0.200. The normalized spacial score (nSPS) is 12.8. The van der Waals surface area contributed by atoms with Crippen LogP contribution in [0.15, 0.2) is 72.8 Å². The van der Waals surface area contributed by atoms with Crippen LogP contribution in [0.25, 0.3) is 0 Å². The first-order chi connectivity index (χ1) is 13.6. The molecule has 3 aromatic rings. The average molecular weight is 370 g/mol. The number of rotatable bonds is 7. The highest BCUT2D eigenvalue weighted by Crippen LogP contribution is 2.37. The second-order valence-electron chi connectivity index (χ2n) is 7.00. The first-order valence-corrected chi connectivity index (χ1v) is 9.48. The minimum absolute atomic E-state index is 0.0772. The van der Waals surface area contributed by atoms with Gasteiger partial charge in [-0.3, -0.25) is 5.41 Å². The van der Waals surface area contributed by atoms with Gasteiger partial charge in [-0.1, -0.05) is 74.5 Å². The van der Waals surface area contributed by atoms with E-state index in [1.165, 1.54) is 11.1 Å². The third kappa shape index (κ3) is 3.89. The Labute approximate surface area is 167 Å². The predicted molar refractivity (Wildman–Crippen MR) is 117 cm³/mol. The molecule has 3 heteroatoms. The van der Waals surface area contributed by atoms with E-state index in [-0.39, 0.29) is 17.5 Å². The molecule has 0 fully saturated rings. The molecule has 0 unspecified atom stereocenters. The van der Waals surface area contributed by atoms with Crippen LogP contribution in [0.5, 0.6) is 5.75 Å². The van der Waals surface area contributed by atoms with E-state index in [2.05, 4.69) is 38.1 Å². The molecule has 3 nitrogen and oxygen atoms in total. The Morgan fingerprint density at radius 2 is 1.25 bits per heavy atom. The van der Waals surface area contributed by atoms with E-state index < -0.39 is 0 Å². The number of benzene rings is 3. The van der Waals surface area contributed by atoms with Gasteiger partial charge < -0.3 is 10.1 Å². The van der Waals surface area contributed by atoms with Crippen LogP contribution in [0, 0.1) is 10.8 Å². The minimum Gasteiger partial charge on any atom is -0.497 e. The monoisotopic (exact) mass is 370 g/mol. The van der Waals surface area contributed by atoms with Crippen LogP contribution in [-0.2, 0) is 0 Å². The van der Waals surface area contributed by atoms with Gasteiger partial charge in [0, 0.05) is 23.6 Å². The van der Waals surface area contributed by atoms with E-state index in [4.69, 9.17) is 15.6 Å². The molecule has 0 saturated heterocycles. The van der Waals surface area contributed by atoms with Crippen LogP contribution in [0.1, 0.15) is 53.5 Å². The van der Waals surface area contributed by atoms with Gasteiger partial charge >= 0.3 is 0 Å². The summed E-state index contributed by atoms with van der Waals surface area (Å²) in [4.78, 5) is 0. The van der Waals surface area contributed by atoms with Crippen LogP contribution in [-0.4, -0.2) is 19.0 Å². The number of hydrogen-bond acceptors (Lipinski definition) is 3. The highest BCUT2D eigenvalue weighted by atomic mass is 16.5. The van der Waals surface area contributed by atoms with Crippen LogP contribution in [0.4, 0.5) is 0 Å². The molecule has 0 heterocycles. The van der Waals surface area contributed by atoms with Gasteiger partial charge in [0.15, 0.2) is 0 Å². The summed E-state index contributed by atoms with van der Waals surface area (Å²) in [6.45, 7) is 4.28. The number of nitrogens with one attached hydrogen (secondary N) is 2. The Morgan fingerprint density at radius 1 is 0.821 bits per heavy atom. The molecule has 2 N–H and O–H groups in total. The Kier molecular flexibility index (Phi) is 6.05. The second-order valence-corrected chi connectivity index (χ2v) is 7.00. The summed E-state index contributed by atoms with van der Waals surface area (Å²) in [5, 5.41) is 16.3. The van der Waals surface area contributed by atoms with Gasteiger partial charge in [-0.05, 0) is 34.4 Å². The standard InChI is InChI=1S/C25H26N2O/c1-17(19-10-6-4-7-11-19)22-14-21(28-3)15-23(25(22)24(27)16-26)18(2)20-12-8-5-9-13-20/h4-18,26-27H,1-3H3/t17-,18-/m1/s1. The predicted octanol–water partition coefficient (Wildman–Crippen LogP) is 6.02. The van der Waals surface area contributed by atoms with Crippen LogP contribution in [0.2, 0.25) is 0 Å². The Bertz CT molecular complexity index is 898. The topological polar surface area (TPSA) is 56.9 Å². The number of ether oxygens (including phenoxy) is 1. The smallest absolute Gasteiger partial charge is 0.119 e. The molecule has 0 aliphatic heterocycles.